The fourth-order valence-electron chi connectivity index (χ4n) is 4.07. The Labute approximate surface area is 159 Å². The Balaban J connectivity index is 1.41. The lowest BCUT2D eigenvalue weighted by Crippen LogP contribution is -2.41. The highest BCUT2D eigenvalue weighted by molar-refractivity contribution is 6.06. The molecule has 2 aliphatic heterocycles. The van der Waals surface area contributed by atoms with Crippen LogP contribution in [0.15, 0.2) is 36.7 Å². The van der Waals surface area contributed by atoms with Gasteiger partial charge in [0.1, 0.15) is 0 Å². The minimum absolute atomic E-state index is 0.0690. The van der Waals surface area contributed by atoms with Crippen LogP contribution in [0, 0.1) is 0 Å². The number of pyridine rings is 1. The average molecular weight is 366 g/mol. The topological polar surface area (TPSA) is 56.8 Å². The van der Waals surface area contributed by atoms with Gasteiger partial charge in [0.2, 0.25) is 5.91 Å². The van der Waals surface area contributed by atoms with Crippen molar-refractivity contribution < 1.29 is 9.59 Å². The molecule has 2 saturated heterocycles. The van der Waals surface area contributed by atoms with E-state index in [9.17, 15) is 9.59 Å². The van der Waals surface area contributed by atoms with Crippen molar-refractivity contribution >= 4 is 22.6 Å². The molecular weight excluding hydrogens is 340 g/mol. The quantitative estimate of drug-likeness (QED) is 0.834. The number of hydrogen-bond acceptors (Lipinski definition) is 4. The standard InChI is InChI=1S/C21H26N4O2/c26-20(24-10-1-2-11-24)16-23-9-4-12-25(14-13-23)21(27)19-6-3-5-17-15-22-8-7-18(17)19/h3,5-8,15H,1-2,4,9-14,16H2. The third kappa shape index (κ3) is 3.95. The smallest absolute Gasteiger partial charge is 0.254 e. The zero-order valence-corrected chi connectivity index (χ0v) is 15.6. The van der Waals surface area contributed by atoms with Crippen LogP contribution < -0.4 is 0 Å². The second kappa shape index (κ2) is 8.05. The summed E-state index contributed by atoms with van der Waals surface area (Å²) >= 11 is 0. The van der Waals surface area contributed by atoms with Gasteiger partial charge in [-0.1, -0.05) is 12.1 Å². The van der Waals surface area contributed by atoms with Gasteiger partial charge in [0.05, 0.1) is 6.54 Å². The van der Waals surface area contributed by atoms with Crippen LogP contribution in [-0.2, 0) is 4.79 Å². The minimum Gasteiger partial charge on any atom is -0.342 e. The van der Waals surface area contributed by atoms with E-state index in [1.165, 1.54) is 0 Å². The van der Waals surface area contributed by atoms with Crippen molar-refractivity contribution in [2.75, 3.05) is 45.8 Å². The van der Waals surface area contributed by atoms with E-state index in [1.54, 1.807) is 12.4 Å². The van der Waals surface area contributed by atoms with Crippen LogP contribution in [0.2, 0.25) is 0 Å². The molecule has 0 aliphatic carbocycles. The molecule has 3 heterocycles. The van der Waals surface area contributed by atoms with E-state index in [-0.39, 0.29) is 11.8 Å². The number of rotatable bonds is 3. The van der Waals surface area contributed by atoms with Crippen LogP contribution in [0.25, 0.3) is 10.8 Å². The summed E-state index contributed by atoms with van der Waals surface area (Å²) in [6.45, 7) is 5.27. The van der Waals surface area contributed by atoms with Crippen molar-refractivity contribution in [1.29, 1.82) is 0 Å². The normalized spacial score (nSPS) is 18.7. The molecular formula is C21H26N4O2. The van der Waals surface area contributed by atoms with Crippen molar-refractivity contribution in [3.05, 3.63) is 42.2 Å². The van der Waals surface area contributed by atoms with Crippen LogP contribution >= 0.6 is 0 Å². The zero-order chi connectivity index (χ0) is 18.6. The Bertz CT molecular complexity index is 827. The molecule has 0 N–H and O–H groups in total. The first kappa shape index (κ1) is 17.9. The summed E-state index contributed by atoms with van der Waals surface area (Å²) in [6.07, 6.45) is 6.65. The highest BCUT2D eigenvalue weighted by Crippen LogP contribution is 2.20. The van der Waals surface area contributed by atoms with E-state index in [1.807, 2.05) is 34.1 Å². The molecule has 4 rings (SSSR count). The monoisotopic (exact) mass is 366 g/mol. The van der Waals surface area contributed by atoms with Crippen LogP contribution in [-0.4, -0.2) is 77.3 Å². The third-order valence-electron chi connectivity index (χ3n) is 5.60. The van der Waals surface area contributed by atoms with E-state index in [0.29, 0.717) is 13.1 Å². The molecule has 27 heavy (non-hydrogen) atoms. The van der Waals surface area contributed by atoms with Gasteiger partial charge in [0, 0.05) is 62.6 Å². The van der Waals surface area contributed by atoms with Crippen molar-refractivity contribution in [3.63, 3.8) is 0 Å². The summed E-state index contributed by atoms with van der Waals surface area (Å²) in [6, 6.07) is 7.69. The number of aromatic nitrogens is 1. The highest BCUT2D eigenvalue weighted by Gasteiger charge is 2.24. The molecule has 6 heteroatoms. The van der Waals surface area contributed by atoms with Gasteiger partial charge in [-0.05, 0) is 36.8 Å². The van der Waals surface area contributed by atoms with Crippen molar-refractivity contribution in [1.82, 2.24) is 19.7 Å². The summed E-state index contributed by atoms with van der Waals surface area (Å²) < 4.78 is 0. The Morgan fingerprint density at radius 1 is 0.889 bits per heavy atom. The average Bonchev–Trinajstić information content (AvgIpc) is 3.15. The van der Waals surface area contributed by atoms with Crippen LogP contribution in [0.1, 0.15) is 29.6 Å². The number of amides is 2. The largest absolute Gasteiger partial charge is 0.342 e. The summed E-state index contributed by atoms with van der Waals surface area (Å²) in [5.74, 6) is 0.299. The molecule has 142 valence electrons. The van der Waals surface area contributed by atoms with Crippen molar-refractivity contribution in [2.45, 2.75) is 19.3 Å². The van der Waals surface area contributed by atoms with Crippen LogP contribution in [0.4, 0.5) is 0 Å². The lowest BCUT2D eigenvalue weighted by atomic mass is 10.1. The van der Waals surface area contributed by atoms with Gasteiger partial charge in [0.25, 0.3) is 5.91 Å². The first-order chi connectivity index (χ1) is 13.2. The summed E-state index contributed by atoms with van der Waals surface area (Å²) in [7, 11) is 0. The number of fused-ring (bicyclic) bond motifs is 1. The van der Waals surface area contributed by atoms with E-state index >= 15 is 0 Å². The summed E-state index contributed by atoms with van der Waals surface area (Å²) in [5.41, 5.74) is 0.733. The maximum atomic E-state index is 13.1. The van der Waals surface area contributed by atoms with Crippen LogP contribution in [0.5, 0.6) is 0 Å². The number of carbonyl (C=O) groups excluding carboxylic acids is 2. The van der Waals surface area contributed by atoms with Crippen LogP contribution in [0.3, 0.4) is 0 Å². The van der Waals surface area contributed by atoms with E-state index in [2.05, 4.69) is 9.88 Å². The molecule has 0 bridgehead atoms. The molecule has 0 unspecified atom stereocenters. The predicted octanol–water partition coefficient (Wildman–Crippen LogP) is 2.01. The van der Waals surface area contributed by atoms with Gasteiger partial charge >= 0.3 is 0 Å². The second-order valence-corrected chi connectivity index (χ2v) is 7.41. The fraction of sp³-hybridized carbons (Fsp3) is 0.476. The van der Waals surface area contributed by atoms with E-state index in [0.717, 1.165) is 68.3 Å². The number of benzene rings is 1. The highest BCUT2D eigenvalue weighted by atomic mass is 16.2. The molecule has 0 atom stereocenters. The van der Waals surface area contributed by atoms with Crippen molar-refractivity contribution in [2.24, 2.45) is 0 Å². The molecule has 0 radical (unpaired) electrons. The minimum atomic E-state index is 0.0690. The molecule has 2 fully saturated rings. The van der Waals surface area contributed by atoms with E-state index < -0.39 is 0 Å². The maximum absolute atomic E-state index is 13.1. The number of likely N-dealkylation sites (tertiary alicyclic amines) is 1. The van der Waals surface area contributed by atoms with Gasteiger partial charge in [-0.15, -0.1) is 0 Å². The molecule has 0 spiro atoms. The predicted molar refractivity (Wildman–Crippen MR) is 105 cm³/mol. The molecule has 0 saturated carbocycles. The van der Waals surface area contributed by atoms with Gasteiger partial charge in [-0.25, -0.2) is 0 Å². The van der Waals surface area contributed by atoms with Gasteiger partial charge in [-0.3, -0.25) is 19.5 Å². The lowest BCUT2D eigenvalue weighted by molar-refractivity contribution is -0.131. The first-order valence-electron chi connectivity index (χ1n) is 9.84. The fourth-order valence-corrected chi connectivity index (χ4v) is 4.07. The SMILES string of the molecule is O=C(CN1CCCN(C(=O)c2cccc3cnccc23)CC1)N1CCCC1. The molecule has 1 aromatic carbocycles. The van der Waals surface area contributed by atoms with Crippen molar-refractivity contribution in [3.8, 4) is 0 Å². The Morgan fingerprint density at radius 2 is 1.70 bits per heavy atom. The number of hydrogen-bond donors (Lipinski definition) is 0. The second-order valence-electron chi connectivity index (χ2n) is 7.41. The molecule has 1 aromatic heterocycles. The number of nitrogens with zero attached hydrogens (tertiary/aromatic N) is 4. The molecule has 2 amide bonds. The third-order valence-corrected chi connectivity index (χ3v) is 5.60. The lowest BCUT2D eigenvalue weighted by Gasteiger charge is -2.24. The molecule has 6 nitrogen and oxygen atoms in total. The van der Waals surface area contributed by atoms with Gasteiger partial charge < -0.3 is 9.80 Å². The first-order valence-corrected chi connectivity index (χ1v) is 9.84. The Hall–Kier alpha value is -2.47. The van der Waals surface area contributed by atoms with Gasteiger partial charge in [-0.2, -0.15) is 0 Å². The molecule has 2 aliphatic rings. The number of carbonyl (C=O) groups is 2. The van der Waals surface area contributed by atoms with Gasteiger partial charge in [0.15, 0.2) is 0 Å². The Morgan fingerprint density at radius 3 is 2.56 bits per heavy atom. The summed E-state index contributed by atoms with van der Waals surface area (Å²) in [5, 5.41) is 1.93. The maximum Gasteiger partial charge on any atom is 0.254 e. The zero-order valence-electron chi connectivity index (χ0n) is 15.6. The summed E-state index contributed by atoms with van der Waals surface area (Å²) in [4.78, 5) is 35.8. The Kier molecular flexibility index (Phi) is 5.34. The van der Waals surface area contributed by atoms with E-state index in [4.69, 9.17) is 0 Å². The molecule has 2 aromatic rings.